The minimum atomic E-state index is -5.51. The number of carboxylic acid groups (broad SMARTS) is 2. The van der Waals surface area contributed by atoms with Gasteiger partial charge in [-0.3, -0.25) is 23.5 Å². The second kappa shape index (κ2) is 13.9. The van der Waals surface area contributed by atoms with Crippen LogP contribution in [0.15, 0.2) is 12.2 Å². The number of esters is 1. The van der Waals surface area contributed by atoms with E-state index in [9.17, 15) is 60.8 Å². The molecule has 1 spiro atoms. The number of carbonyl (C=O) groups is 3. The number of ether oxygens (including phenoxy) is 3. The molecule has 0 aromatic heterocycles. The largest absolute Gasteiger partial charge is 0.480 e. The van der Waals surface area contributed by atoms with E-state index in [0.717, 1.165) is 0 Å². The van der Waals surface area contributed by atoms with Crippen molar-refractivity contribution < 1.29 is 83.3 Å². The third-order valence-electron chi connectivity index (χ3n) is 12.0. The van der Waals surface area contributed by atoms with Crippen LogP contribution in [0.25, 0.3) is 0 Å². The summed E-state index contributed by atoms with van der Waals surface area (Å²) in [6.07, 6.45) is -11.5. The lowest BCUT2D eigenvalue weighted by Crippen LogP contribution is -2.67. The first-order valence-corrected chi connectivity index (χ1v) is 19.5. The molecule has 290 valence electrons. The van der Waals surface area contributed by atoms with E-state index in [4.69, 9.17) is 18.4 Å². The summed E-state index contributed by atoms with van der Waals surface area (Å²) in [6, 6.07) is 0. The molecule has 51 heavy (non-hydrogen) atoms. The zero-order valence-electron chi connectivity index (χ0n) is 28.3. The fraction of sp³-hybridized carbons (Fsp3) is 0.839. The number of hydrogen-bond acceptors (Lipinski definition) is 14. The normalized spacial score (nSPS) is 40.7. The molecule has 4 aliphatic carbocycles. The molecule has 4 saturated carbocycles. The molecule has 1 saturated heterocycles. The van der Waals surface area contributed by atoms with Gasteiger partial charge in [0.25, 0.3) is 0 Å². The molecular formula is C31H46O18S2. The summed E-state index contributed by atoms with van der Waals surface area (Å²) < 4.78 is 93.4. The zero-order valence-corrected chi connectivity index (χ0v) is 30.0. The Bertz CT molecular complexity index is 1610. The molecule has 5 rings (SSSR count). The highest BCUT2D eigenvalue weighted by Crippen LogP contribution is 2.72. The van der Waals surface area contributed by atoms with Gasteiger partial charge in [-0.1, -0.05) is 27.4 Å². The predicted octanol–water partition coefficient (Wildman–Crippen LogP) is 1.12. The van der Waals surface area contributed by atoms with Gasteiger partial charge in [0.05, 0.1) is 18.8 Å². The molecule has 5 aliphatic rings. The van der Waals surface area contributed by atoms with Crippen molar-refractivity contribution in [3.63, 3.8) is 0 Å². The Morgan fingerprint density at radius 3 is 2.08 bits per heavy atom. The number of aliphatic carboxylic acids is 2. The maximum absolute atomic E-state index is 13.1. The quantitative estimate of drug-likeness (QED) is 0.0533. The Balaban J connectivity index is 1.59. The van der Waals surface area contributed by atoms with Crippen molar-refractivity contribution in [3.05, 3.63) is 12.2 Å². The van der Waals surface area contributed by atoms with Crippen LogP contribution in [0.4, 0.5) is 0 Å². The van der Waals surface area contributed by atoms with Gasteiger partial charge in [0.2, 0.25) is 0 Å². The van der Waals surface area contributed by atoms with E-state index in [1.807, 2.05) is 0 Å². The van der Waals surface area contributed by atoms with Crippen molar-refractivity contribution in [1.82, 2.24) is 0 Å². The minimum absolute atomic E-state index is 0.00133. The van der Waals surface area contributed by atoms with E-state index < -0.39 is 117 Å². The maximum Gasteiger partial charge on any atom is 0.397 e. The summed E-state index contributed by atoms with van der Waals surface area (Å²) in [5.74, 6) is -5.84. The number of fused-ring (bicyclic) bond motifs is 3. The number of rotatable bonds is 12. The van der Waals surface area contributed by atoms with Gasteiger partial charge in [-0.05, 0) is 73.2 Å². The number of hydrogen-bond donors (Lipinski definition) is 6. The molecule has 0 aromatic carbocycles. The molecule has 2 bridgehead atoms. The van der Waals surface area contributed by atoms with Crippen LogP contribution < -0.4 is 0 Å². The molecule has 12 atom stereocenters. The van der Waals surface area contributed by atoms with Gasteiger partial charge >= 0.3 is 38.7 Å². The van der Waals surface area contributed by atoms with Crippen molar-refractivity contribution in [2.45, 2.75) is 115 Å². The molecule has 0 amide bonds. The Morgan fingerprint density at radius 1 is 0.922 bits per heavy atom. The highest BCUT2D eigenvalue weighted by Gasteiger charge is 2.72. The second-order valence-corrected chi connectivity index (χ2v) is 17.4. The summed E-state index contributed by atoms with van der Waals surface area (Å²) in [7, 11) is -11.0. The average Bonchev–Trinajstić information content (AvgIpc) is 3.16. The lowest BCUT2D eigenvalue weighted by Gasteiger charge is -2.64. The molecule has 6 N–H and O–H groups in total. The topological polar surface area (TPSA) is 287 Å². The minimum Gasteiger partial charge on any atom is -0.480 e. The number of aliphatic hydroxyl groups excluding tert-OH is 2. The number of aliphatic hydroxyl groups is 2. The Morgan fingerprint density at radius 2 is 1.53 bits per heavy atom. The summed E-state index contributed by atoms with van der Waals surface area (Å²) in [5.41, 5.74) is -3.52. The molecule has 0 aromatic rings. The fourth-order valence-corrected chi connectivity index (χ4v) is 11.3. The third-order valence-corrected chi connectivity index (χ3v) is 12.9. The first kappa shape index (κ1) is 39.9. The monoisotopic (exact) mass is 770 g/mol. The fourth-order valence-electron chi connectivity index (χ4n) is 10.3. The van der Waals surface area contributed by atoms with Gasteiger partial charge in [-0.25, -0.2) is 8.37 Å². The summed E-state index contributed by atoms with van der Waals surface area (Å²) >= 11 is 0. The summed E-state index contributed by atoms with van der Waals surface area (Å²) in [6.45, 7) is 8.03. The zero-order chi connectivity index (χ0) is 38.1. The second-order valence-electron chi connectivity index (χ2n) is 15.3. The molecule has 1 aliphatic heterocycles. The van der Waals surface area contributed by atoms with Gasteiger partial charge in [-0.2, -0.15) is 16.8 Å². The predicted molar refractivity (Wildman–Crippen MR) is 169 cm³/mol. The van der Waals surface area contributed by atoms with Gasteiger partial charge in [0.15, 0.2) is 23.9 Å². The Labute approximate surface area is 295 Å². The first-order chi connectivity index (χ1) is 23.5. The standard InChI is InChI=1S/C31H46O18S2/c1-14(2)9-21(33)47-24-23(49-51(42,43)44)22(48-50(39,40)41)18(13-32)46-26(24)45-17-11-29(4)19-6-5-16-10-30(19,25(34)15(16)3)8-7-20(29)31(12-17,27(35)36)28(37)38/h14,16-20,22-26,32,34H,3,5-13H2,1-2,4H3,(H,35,36)(H,37,38)(H,39,40,41)(H,42,43,44)/t16-,17-,18+,19-,20-,22+,23-,24+,25-,26+,29+,30+/m0/s1. The number of carboxylic acids is 2. The molecule has 5 fully saturated rings. The van der Waals surface area contributed by atoms with Gasteiger partial charge < -0.3 is 34.6 Å². The van der Waals surface area contributed by atoms with E-state index in [1.165, 1.54) is 0 Å². The van der Waals surface area contributed by atoms with Crippen LogP contribution in [0.2, 0.25) is 0 Å². The van der Waals surface area contributed by atoms with Crippen LogP contribution in [0, 0.1) is 39.9 Å². The van der Waals surface area contributed by atoms with Crippen molar-refractivity contribution in [1.29, 1.82) is 0 Å². The van der Waals surface area contributed by atoms with Crippen LogP contribution >= 0.6 is 0 Å². The van der Waals surface area contributed by atoms with E-state index in [1.54, 1.807) is 20.8 Å². The molecule has 0 unspecified atom stereocenters. The van der Waals surface area contributed by atoms with E-state index in [2.05, 4.69) is 10.8 Å². The highest BCUT2D eigenvalue weighted by molar-refractivity contribution is 7.81. The van der Waals surface area contributed by atoms with Crippen LogP contribution in [0.5, 0.6) is 0 Å². The molecular weight excluding hydrogens is 724 g/mol. The van der Waals surface area contributed by atoms with Crippen molar-refractivity contribution in [3.8, 4) is 0 Å². The van der Waals surface area contributed by atoms with Crippen LogP contribution in [0.1, 0.15) is 72.1 Å². The van der Waals surface area contributed by atoms with Gasteiger partial charge in [0.1, 0.15) is 12.2 Å². The summed E-state index contributed by atoms with van der Waals surface area (Å²) in [4.78, 5) is 39.3. The van der Waals surface area contributed by atoms with Crippen LogP contribution in [0.3, 0.4) is 0 Å². The van der Waals surface area contributed by atoms with E-state index in [-0.39, 0.29) is 37.0 Å². The van der Waals surface area contributed by atoms with Crippen LogP contribution in [-0.4, -0.2) is 114 Å². The van der Waals surface area contributed by atoms with Crippen molar-refractivity contribution >= 4 is 38.7 Å². The lowest BCUT2D eigenvalue weighted by atomic mass is 9.40. The molecule has 1 heterocycles. The van der Waals surface area contributed by atoms with Crippen molar-refractivity contribution in [2.24, 2.45) is 39.9 Å². The van der Waals surface area contributed by atoms with E-state index >= 15 is 0 Å². The average molecular weight is 771 g/mol. The molecule has 18 nitrogen and oxygen atoms in total. The van der Waals surface area contributed by atoms with Gasteiger partial charge in [0, 0.05) is 18.3 Å². The van der Waals surface area contributed by atoms with Crippen molar-refractivity contribution in [2.75, 3.05) is 6.61 Å². The van der Waals surface area contributed by atoms with Crippen LogP contribution in [-0.2, 0) is 57.8 Å². The smallest absolute Gasteiger partial charge is 0.397 e. The highest BCUT2D eigenvalue weighted by atomic mass is 32.3. The van der Waals surface area contributed by atoms with Gasteiger partial charge in [-0.15, -0.1) is 0 Å². The first-order valence-electron chi connectivity index (χ1n) is 16.7. The third kappa shape index (κ3) is 7.20. The summed E-state index contributed by atoms with van der Waals surface area (Å²) in [5, 5.41) is 42.9. The Hall–Kier alpha value is -2.27. The molecule has 20 heteroatoms. The Kier molecular flexibility index (Phi) is 10.8. The van der Waals surface area contributed by atoms with E-state index in [0.29, 0.717) is 31.3 Å². The lowest BCUT2D eigenvalue weighted by molar-refractivity contribution is -0.318. The SMILES string of the molecule is C=C1[C@H]2CC[C@H]3[C@@]4(C)C[C@H](O[C@@H]5O[C@H](CO)[C@@H](OS(=O)(=O)O)[C@H](OS(=O)(=O)O)[C@H]5OC(=O)CC(C)C)CC(C(=O)O)(C(=O)O)[C@H]4CC[C@]3(C2)[C@H]1O. The maximum atomic E-state index is 13.1. The number of carbonyl (C=O) groups excluding carboxylic acids is 1. The molecule has 0 radical (unpaired) electrons.